The van der Waals surface area contributed by atoms with E-state index in [1.807, 2.05) is 39.2 Å². The fourth-order valence-corrected chi connectivity index (χ4v) is 7.13. The van der Waals surface area contributed by atoms with Crippen molar-refractivity contribution in [1.29, 1.82) is 0 Å². The van der Waals surface area contributed by atoms with E-state index in [0.717, 1.165) is 40.7 Å². The molecule has 234 valence electrons. The number of carbonyl (C=O) groups excluding carboxylic acids is 1. The van der Waals surface area contributed by atoms with Crippen molar-refractivity contribution in [1.82, 2.24) is 29.5 Å². The molecule has 0 saturated heterocycles. The van der Waals surface area contributed by atoms with Crippen molar-refractivity contribution in [3.05, 3.63) is 101 Å². The zero-order valence-corrected chi connectivity index (χ0v) is 27.3. The summed E-state index contributed by atoms with van der Waals surface area (Å²) in [4.78, 5) is 23.1. The number of benzene rings is 2. The van der Waals surface area contributed by atoms with Gasteiger partial charge in [-0.3, -0.25) is 9.78 Å². The first-order valence-corrected chi connectivity index (χ1v) is 16.3. The number of nitrogens with one attached hydrogen (secondary N) is 1. The lowest BCUT2D eigenvalue weighted by Crippen LogP contribution is -2.37. The molecule has 1 saturated carbocycles. The Morgan fingerprint density at radius 3 is 2.60 bits per heavy atom. The third kappa shape index (κ3) is 6.42. The second kappa shape index (κ2) is 13.0. The molecule has 2 aromatic carbocycles. The minimum atomic E-state index is -0.817. The van der Waals surface area contributed by atoms with Crippen LogP contribution in [0.2, 0.25) is 0 Å². The zero-order chi connectivity index (χ0) is 31.6. The average Bonchev–Trinajstić information content (AvgIpc) is 3.53. The molecule has 1 fully saturated rings. The van der Waals surface area contributed by atoms with Gasteiger partial charge in [0.05, 0.1) is 22.8 Å². The summed E-state index contributed by atoms with van der Waals surface area (Å²) < 4.78 is 4.12. The van der Waals surface area contributed by atoms with Crippen molar-refractivity contribution >= 4 is 22.6 Å². The number of aryl methyl sites for hydroxylation is 3. The SMILES string of the molecule is Cc1ccc(C(c2ccc3c(nnn3C)c2C)C(C)(C)C(=O)Nc2cccnc2)cc1Cn1ccnc1CC1CCCCCC1. The Balaban J connectivity index is 1.38. The topological polar surface area (TPSA) is 90.5 Å². The summed E-state index contributed by atoms with van der Waals surface area (Å²) >= 11 is 0. The van der Waals surface area contributed by atoms with E-state index >= 15 is 0 Å². The molecule has 0 spiro atoms. The number of hydrogen-bond donors (Lipinski definition) is 1. The molecule has 1 N–H and O–H groups in total. The summed E-state index contributed by atoms with van der Waals surface area (Å²) in [7, 11) is 1.91. The van der Waals surface area contributed by atoms with Gasteiger partial charge in [0.15, 0.2) is 0 Å². The molecule has 0 aliphatic heterocycles. The van der Waals surface area contributed by atoms with E-state index in [4.69, 9.17) is 4.98 Å². The van der Waals surface area contributed by atoms with Gasteiger partial charge >= 0.3 is 0 Å². The lowest BCUT2D eigenvalue weighted by Gasteiger charge is -2.35. The normalized spacial score (nSPS) is 15.2. The second-order valence-electron chi connectivity index (χ2n) is 13.4. The highest BCUT2D eigenvalue weighted by Crippen LogP contribution is 2.44. The molecule has 3 heterocycles. The Hall–Kier alpha value is -4.33. The Kier molecular flexibility index (Phi) is 8.83. The van der Waals surface area contributed by atoms with Crippen LogP contribution in [0.15, 0.2) is 67.3 Å². The monoisotopic (exact) mass is 603 g/mol. The van der Waals surface area contributed by atoms with Crippen LogP contribution in [0.1, 0.15) is 91.9 Å². The van der Waals surface area contributed by atoms with Crippen molar-refractivity contribution in [3.8, 4) is 0 Å². The molecule has 8 nitrogen and oxygen atoms in total. The van der Waals surface area contributed by atoms with Gasteiger partial charge in [0.2, 0.25) is 5.91 Å². The molecule has 5 aromatic rings. The minimum Gasteiger partial charge on any atom is -0.330 e. The maximum absolute atomic E-state index is 14.1. The second-order valence-corrected chi connectivity index (χ2v) is 13.4. The highest BCUT2D eigenvalue weighted by Gasteiger charge is 2.40. The van der Waals surface area contributed by atoms with Gasteiger partial charge in [0.1, 0.15) is 11.3 Å². The molecule has 45 heavy (non-hydrogen) atoms. The third-order valence-corrected chi connectivity index (χ3v) is 9.91. The molecule has 3 aromatic heterocycles. The lowest BCUT2D eigenvalue weighted by atomic mass is 9.69. The highest BCUT2D eigenvalue weighted by atomic mass is 16.2. The largest absolute Gasteiger partial charge is 0.330 e. The third-order valence-electron chi connectivity index (χ3n) is 9.91. The fraction of sp³-hybridized carbons (Fsp3) is 0.432. The van der Waals surface area contributed by atoms with E-state index in [1.54, 1.807) is 17.1 Å². The van der Waals surface area contributed by atoms with Gasteiger partial charge in [-0.05, 0) is 65.8 Å². The van der Waals surface area contributed by atoms with Crippen molar-refractivity contribution in [2.45, 2.75) is 85.1 Å². The molecule has 1 unspecified atom stereocenters. The Morgan fingerprint density at radius 1 is 1.04 bits per heavy atom. The molecule has 1 aliphatic rings. The highest BCUT2D eigenvalue weighted by molar-refractivity contribution is 5.96. The van der Waals surface area contributed by atoms with Crippen LogP contribution in [0.25, 0.3) is 11.0 Å². The van der Waals surface area contributed by atoms with Crippen molar-refractivity contribution < 1.29 is 4.79 Å². The van der Waals surface area contributed by atoms with Crippen LogP contribution >= 0.6 is 0 Å². The first-order chi connectivity index (χ1) is 21.7. The van der Waals surface area contributed by atoms with Crippen LogP contribution < -0.4 is 5.32 Å². The predicted octanol–water partition coefficient (Wildman–Crippen LogP) is 7.53. The summed E-state index contributed by atoms with van der Waals surface area (Å²) in [6.45, 7) is 9.08. The van der Waals surface area contributed by atoms with Crippen molar-refractivity contribution in [3.63, 3.8) is 0 Å². The molecular weight excluding hydrogens is 558 g/mol. The first kappa shape index (κ1) is 30.7. The Morgan fingerprint density at radius 2 is 1.84 bits per heavy atom. The number of carbonyl (C=O) groups is 1. The van der Waals surface area contributed by atoms with E-state index in [-0.39, 0.29) is 11.8 Å². The van der Waals surface area contributed by atoms with Gasteiger partial charge in [-0.2, -0.15) is 0 Å². The van der Waals surface area contributed by atoms with Gasteiger partial charge in [0, 0.05) is 44.5 Å². The van der Waals surface area contributed by atoms with Crippen LogP contribution in [0.5, 0.6) is 0 Å². The number of fused-ring (bicyclic) bond motifs is 1. The molecule has 0 bridgehead atoms. The van der Waals surface area contributed by atoms with Crippen molar-refractivity contribution in [2.24, 2.45) is 18.4 Å². The summed E-state index contributed by atoms with van der Waals surface area (Å²) in [6.07, 6.45) is 16.5. The zero-order valence-electron chi connectivity index (χ0n) is 27.3. The number of rotatable bonds is 9. The standard InChI is InChI=1S/C37H45N7O/c1-25-14-15-28(22-29(25)24-44-20-19-39-33(44)21-27-11-8-6-7-9-12-27)34(31-16-17-32-35(26(31)2)41-42-43(32)5)37(3,4)36(45)40-30-13-10-18-38-23-30/h10,13-20,22-23,27,34H,6-9,11-12,21,24H2,1-5H3,(H,40,45). The van der Waals surface area contributed by atoms with E-state index < -0.39 is 5.41 Å². The molecular formula is C37H45N7O. The van der Waals surface area contributed by atoms with Gasteiger partial charge in [0.25, 0.3) is 0 Å². The lowest BCUT2D eigenvalue weighted by molar-refractivity contribution is -0.124. The maximum Gasteiger partial charge on any atom is 0.231 e. The molecule has 0 radical (unpaired) electrons. The first-order valence-electron chi connectivity index (χ1n) is 16.3. The van der Waals surface area contributed by atoms with Gasteiger partial charge in [-0.25, -0.2) is 9.67 Å². The smallest absolute Gasteiger partial charge is 0.231 e. The van der Waals surface area contributed by atoms with Crippen molar-refractivity contribution in [2.75, 3.05) is 5.32 Å². The van der Waals surface area contributed by atoms with E-state index in [1.165, 1.54) is 55.5 Å². The van der Waals surface area contributed by atoms with E-state index in [0.29, 0.717) is 11.6 Å². The van der Waals surface area contributed by atoms with E-state index in [2.05, 4.69) is 75.6 Å². The molecule has 1 aliphatic carbocycles. The van der Waals surface area contributed by atoms with Crippen LogP contribution in [-0.2, 0) is 24.8 Å². The molecule has 8 heteroatoms. The maximum atomic E-state index is 14.1. The van der Waals surface area contributed by atoms with Crippen LogP contribution in [0.4, 0.5) is 5.69 Å². The summed E-state index contributed by atoms with van der Waals surface area (Å²) in [5, 5.41) is 11.9. The molecule has 1 amide bonds. The number of aromatic nitrogens is 6. The van der Waals surface area contributed by atoms with Gasteiger partial charge < -0.3 is 9.88 Å². The summed E-state index contributed by atoms with van der Waals surface area (Å²) in [6, 6.07) is 14.6. The summed E-state index contributed by atoms with van der Waals surface area (Å²) in [5.74, 6) is 1.57. The quantitative estimate of drug-likeness (QED) is 0.176. The molecule has 6 rings (SSSR count). The van der Waals surface area contributed by atoms with Gasteiger partial charge in [-0.15, -0.1) is 5.10 Å². The predicted molar refractivity (Wildman–Crippen MR) is 179 cm³/mol. The van der Waals surface area contributed by atoms with Crippen LogP contribution in [0.3, 0.4) is 0 Å². The summed E-state index contributed by atoms with van der Waals surface area (Å²) in [5.41, 5.74) is 7.36. The van der Waals surface area contributed by atoms with Gasteiger partial charge in [-0.1, -0.05) is 81.9 Å². The van der Waals surface area contributed by atoms with Crippen LogP contribution in [-0.4, -0.2) is 35.4 Å². The van der Waals surface area contributed by atoms with E-state index in [9.17, 15) is 4.79 Å². The Labute approximate surface area is 266 Å². The number of imidazole rings is 1. The minimum absolute atomic E-state index is 0.0680. The molecule has 1 atom stereocenters. The van der Waals surface area contributed by atoms with Crippen LogP contribution in [0, 0.1) is 25.2 Å². The number of hydrogen-bond acceptors (Lipinski definition) is 5. The number of pyridine rings is 1. The average molecular weight is 604 g/mol. The fourth-order valence-electron chi connectivity index (χ4n) is 7.13. The number of anilines is 1. The number of nitrogens with zero attached hydrogens (tertiary/aromatic N) is 6. The Bertz CT molecular complexity index is 1780. The number of amides is 1.